The average molecular weight is 264 g/mol. The van der Waals surface area contributed by atoms with Crippen molar-refractivity contribution < 1.29 is 9.72 Å². The molecule has 1 aliphatic rings. The van der Waals surface area contributed by atoms with Crippen molar-refractivity contribution in [2.24, 2.45) is 0 Å². The van der Waals surface area contributed by atoms with E-state index < -0.39 is 4.92 Å². The summed E-state index contributed by atoms with van der Waals surface area (Å²) in [5, 5.41) is 16.5. The average Bonchev–Trinajstić information content (AvgIpc) is 2.40. The van der Waals surface area contributed by atoms with Crippen molar-refractivity contribution in [1.82, 2.24) is 10.2 Å². The number of amides is 1. The normalized spacial score (nSPS) is 16.0. The van der Waals surface area contributed by atoms with E-state index in [2.05, 4.69) is 15.5 Å². The van der Waals surface area contributed by atoms with Crippen molar-refractivity contribution in [3.8, 4) is 0 Å². The van der Waals surface area contributed by atoms with E-state index in [9.17, 15) is 14.9 Å². The summed E-state index contributed by atoms with van der Waals surface area (Å²) in [6.07, 6.45) is 0. The summed E-state index contributed by atoms with van der Waals surface area (Å²) in [6, 6.07) is 5.82. The Hall–Kier alpha value is -1.99. The Morgan fingerprint density at radius 1 is 1.32 bits per heavy atom. The Balaban J connectivity index is 1.85. The first-order valence-electron chi connectivity index (χ1n) is 6.12. The lowest BCUT2D eigenvalue weighted by Crippen LogP contribution is -2.46. The molecule has 0 spiro atoms. The van der Waals surface area contributed by atoms with Crippen LogP contribution in [-0.2, 0) is 4.79 Å². The Morgan fingerprint density at radius 3 is 2.53 bits per heavy atom. The Bertz CT molecular complexity index is 455. The van der Waals surface area contributed by atoms with Gasteiger partial charge in [0.25, 0.3) is 5.69 Å². The number of piperazine rings is 1. The van der Waals surface area contributed by atoms with Crippen molar-refractivity contribution in [3.05, 3.63) is 34.4 Å². The molecule has 0 bridgehead atoms. The maximum Gasteiger partial charge on any atom is 0.269 e. The van der Waals surface area contributed by atoms with Gasteiger partial charge in [-0.3, -0.25) is 19.8 Å². The third-order valence-electron chi connectivity index (χ3n) is 2.94. The van der Waals surface area contributed by atoms with Crippen molar-refractivity contribution >= 4 is 17.3 Å². The molecule has 0 saturated carbocycles. The molecular formula is C12H16N4O3. The fourth-order valence-electron chi connectivity index (χ4n) is 1.94. The van der Waals surface area contributed by atoms with Gasteiger partial charge in [-0.25, -0.2) is 0 Å². The minimum atomic E-state index is -0.466. The van der Waals surface area contributed by atoms with E-state index >= 15 is 0 Å². The van der Waals surface area contributed by atoms with Gasteiger partial charge in [0.2, 0.25) is 5.91 Å². The van der Waals surface area contributed by atoms with Crippen LogP contribution in [-0.4, -0.2) is 48.5 Å². The number of carbonyl (C=O) groups excluding carboxylic acids is 1. The molecule has 7 heteroatoms. The van der Waals surface area contributed by atoms with E-state index in [0.29, 0.717) is 12.2 Å². The van der Waals surface area contributed by atoms with E-state index in [1.165, 1.54) is 24.3 Å². The van der Waals surface area contributed by atoms with Gasteiger partial charge in [0.15, 0.2) is 0 Å². The number of non-ortho nitro benzene ring substituents is 1. The maximum absolute atomic E-state index is 11.8. The van der Waals surface area contributed by atoms with Gasteiger partial charge >= 0.3 is 0 Å². The van der Waals surface area contributed by atoms with Gasteiger partial charge in [-0.15, -0.1) is 0 Å². The zero-order valence-electron chi connectivity index (χ0n) is 10.5. The van der Waals surface area contributed by atoms with Gasteiger partial charge < -0.3 is 10.6 Å². The lowest BCUT2D eigenvalue weighted by molar-refractivity contribution is -0.384. The molecule has 1 heterocycles. The first-order valence-corrected chi connectivity index (χ1v) is 6.12. The van der Waals surface area contributed by atoms with Crippen LogP contribution in [0, 0.1) is 10.1 Å². The van der Waals surface area contributed by atoms with Gasteiger partial charge in [-0.2, -0.15) is 0 Å². The summed E-state index contributed by atoms with van der Waals surface area (Å²) in [5.41, 5.74) is 0.589. The largest absolute Gasteiger partial charge is 0.325 e. The molecule has 19 heavy (non-hydrogen) atoms. The SMILES string of the molecule is O=C(CN1CCNCC1)Nc1ccc([N+](=O)[O-])cc1. The van der Waals surface area contributed by atoms with Crippen LogP contribution in [0.4, 0.5) is 11.4 Å². The van der Waals surface area contributed by atoms with Gasteiger partial charge in [0.05, 0.1) is 11.5 Å². The molecule has 0 unspecified atom stereocenters. The summed E-state index contributed by atoms with van der Waals surface area (Å²) < 4.78 is 0. The van der Waals surface area contributed by atoms with Gasteiger partial charge in [-0.1, -0.05) is 0 Å². The van der Waals surface area contributed by atoms with Crippen molar-refractivity contribution in [2.45, 2.75) is 0 Å². The van der Waals surface area contributed by atoms with Crippen LogP contribution in [0.5, 0.6) is 0 Å². The van der Waals surface area contributed by atoms with E-state index in [4.69, 9.17) is 0 Å². The molecular weight excluding hydrogens is 248 g/mol. The summed E-state index contributed by atoms with van der Waals surface area (Å²) in [5.74, 6) is -0.101. The Kier molecular flexibility index (Phi) is 4.43. The summed E-state index contributed by atoms with van der Waals surface area (Å²) in [7, 11) is 0. The van der Waals surface area contributed by atoms with E-state index in [0.717, 1.165) is 26.2 Å². The fourth-order valence-corrected chi connectivity index (χ4v) is 1.94. The zero-order valence-corrected chi connectivity index (χ0v) is 10.5. The van der Waals surface area contributed by atoms with E-state index in [-0.39, 0.29) is 11.6 Å². The molecule has 2 N–H and O–H groups in total. The number of rotatable bonds is 4. The molecule has 1 fully saturated rings. The highest BCUT2D eigenvalue weighted by Crippen LogP contribution is 2.15. The number of nitrogens with one attached hydrogen (secondary N) is 2. The molecule has 0 radical (unpaired) electrons. The third-order valence-corrected chi connectivity index (χ3v) is 2.94. The first-order chi connectivity index (χ1) is 9.15. The second-order valence-electron chi connectivity index (χ2n) is 4.38. The van der Waals surface area contributed by atoms with Gasteiger partial charge in [-0.05, 0) is 12.1 Å². The quantitative estimate of drug-likeness (QED) is 0.608. The topological polar surface area (TPSA) is 87.5 Å². The van der Waals surface area contributed by atoms with Crippen LogP contribution in [0.1, 0.15) is 0 Å². The van der Waals surface area contributed by atoms with Crippen molar-refractivity contribution in [1.29, 1.82) is 0 Å². The van der Waals surface area contributed by atoms with Gasteiger partial charge in [0, 0.05) is 44.0 Å². The minimum Gasteiger partial charge on any atom is -0.325 e. The standard InChI is InChI=1S/C12H16N4O3/c17-12(9-15-7-5-13-6-8-15)14-10-1-3-11(4-2-10)16(18)19/h1-4,13H,5-9H2,(H,14,17). The molecule has 102 valence electrons. The minimum absolute atomic E-state index is 0.0140. The molecule has 7 nitrogen and oxygen atoms in total. The molecule has 2 rings (SSSR count). The summed E-state index contributed by atoms with van der Waals surface area (Å²) >= 11 is 0. The van der Waals surface area contributed by atoms with Crippen LogP contribution in [0.15, 0.2) is 24.3 Å². The Morgan fingerprint density at radius 2 is 1.95 bits per heavy atom. The zero-order chi connectivity index (χ0) is 13.7. The number of hydrogen-bond donors (Lipinski definition) is 2. The van der Waals surface area contributed by atoms with Gasteiger partial charge in [0.1, 0.15) is 0 Å². The molecule has 0 atom stereocenters. The molecule has 1 amide bonds. The Labute approximate surface area is 110 Å². The highest BCUT2D eigenvalue weighted by atomic mass is 16.6. The molecule has 0 aliphatic carbocycles. The number of anilines is 1. The highest BCUT2D eigenvalue weighted by Gasteiger charge is 2.13. The number of nitro groups is 1. The predicted octanol–water partition coefficient (Wildman–Crippen LogP) is 0.438. The second-order valence-corrected chi connectivity index (χ2v) is 4.38. The lowest BCUT2D eigenvalue weighted by atomic mass is 10.3. The highest BCUT2D eigenvalue weighted by molar-refractivity contribution is 5.92. The smallest absolute Gasteiger partial charge is 0.269 e. The summed E-state index contributed by atoms with van der Waals surface area (Å²) in [4.78, 5) is 23.9. The fraction of sp³-hybridized carbons (Fsp3) is 0.417. The number of carbonyl (C=O) groups is 1. The third kappa shape index (κ3) is 4.01. The number of hydrogen-bond acceptors (Lipinski definition) is 5. The van der Waals surface area contributed by atoms with E-state index in [1.807, 2.05) is 0 Å². The van der Waals surface area contributed by atoms with Crippen molar-refractivity contribution in [3.63, 3.8) is 0 Å². The van der Waals surface area contributed by atoms with Crippen LogP contribution in [0.25, 0.3) is 0 Å². The van der Waals surface area contributed by atoms with Crippen LogP contribution in [0.3, 0.4) is 0 Å². The van der Waals surface area contributed by atoms with Crippen molar-refractivity contribution in [2.75, 3.05) is 38.0 Å². The predicted molar refractivity (Wildman–Crippen MR) is 71.0 cm³/mol. The molecule has 1 saturated heterocycles. The monoisotopic (exact) mass is 264 g/mol. The maximum atomic E-state index is 11.8. The van der Waals surface area contributed by atoms with Crippen LogP contribution in [0.2, 0.25) is 0 Å². The lowest BCUT2D eigenvalue weighted by Gasteiger charge is -2.26. The number of nitro benzene ring substituents is 1. The number of benzene rings is 1. The molecule has 1 aromatic carbocycles. The summed E-state index contributed by atoms with van der Waals surface area (Å²) in [6.45, 7) is 3.84. The van der Waals surface area contributed by atoms with Crippen LogP contribution < -0.4 is 10.6 Å². The molecule has 1 aromatic rings. The van der Waals surface area contributed by atoms with Crippen LogP contribution >= 0.6 is 0 Å². The first kappa shape index (κ1) is 13.4. The number of nitrogens with zero attached hydrogens (tertiary/aromatic N) is 2. The second kappa shape index (κ2) is 6.26. The molecule has 0 aromatic heterocycles. The van der Waals surface area contributed by atoms with E-state index in [1.54, 1.807) is 0 Å². The molecule has 1 aliphatic heterocycles.